The van der Waals surface area contributed by atoms with Crippen molar-refractivity contribution < 1.29 is 4.79 Å². The van der Waals surface area contributed by atoms with Crippen LogP contribution in [0.25, 0.3) is 11.0 Å². The lowest BCUT2D eigenvalue weighted by Crippen LogP contribution is -2.32. The van der Waals surface area contributed by atoms with Crippen LogP contribution in [0.4, 0.5) is 0 Å². The number of imidazole rings is 1. The van der Waals surface area contributed by atoms with Crippen molar-refractivity contribution >= 4 is 16.9 Å². The van der Waals surface area contributed by atoms with Gasteiger partial charge in [0.15, 0.2) is 0 Å². The van der Waals surface area contributed by atoms with Gasteiger partial charge in [-0.15, -0.1) is 0 Å². The van der Waals surface area contributed by atoms with Crippen LogP contribution in [0.2, 0.25) is 0 Å². The van der Waals surface area contributed by atoms with Gasteiger partial charge in [0.25, 0.3) is 5.91 Å². The van der Waals surface area contributed by atoms with E-state index >= 15 is 0 Å². The average Bonchev–Trinajstić information content (AvgIpc) is 3.29. The van der Waals surface area contributed by atoms with Gasteiger partial charge in [0.05, 0.1) is 29.6 Å². The fourth-order valence-electron chi connectivity index (χ4n) is 3.21. The van der Waals surface area contributed by atoms with Crippen LogP contribution >= 0.6 is 0 Å². The van der Waals surface area contributed by atoms with Crippen LogP contribution in [0.1, 0.15) is 41.9 Å². The third-order valence-electron chi connectivity index (χ3n) is 4.42. The highest BCUT2D eigenvalue weighted by atomic mass is 16.2. The molecule has 23 heavy (non-hydrogen) atoms. The van der Waals surface area contributed by atoms with Crippen LogP contribution in [-0.2, 0) is 6.54 Å². The summed E-state index contributed by atoms with van der Waals surface area (Å²) in [5, 5.41) is 10.2. The molecule has 6 heteroatoms. The fraction of sp³-hybridized carbons (Fsp3) is 0.353. The number of hydrogen-bond acceptors (Lipinski definition) is 3. The maximum Gasteiger partial charge on any atom is 0.271 e. The normalized spacial score (nSPS) is 15.3. The van der Waals surface area contributed by atoms with Gasteiger partial charge in [-0.25, -0.2) is 4.98 Å². The highest BCUT2D eigenvalue weighted by molar-refractivity contribution is 5.92. The molecule has 0 spiro atoms. The first-order valence-corrected chi connectivity index (χ1v) is 8.04. The first kappa shape index (κ1) is 14.0. The number of carbonyl (C=O) groups is 1. The van der Waals surface area contributed by atoms with Gasteiger partial charge in [-0.2, -0.15) is 5.10 Å². The van der Waals surface area contributed by atoms with E-state index in [2.05, 4.69) is 20.5 Å². The molecular formula is C17H19N5O. The summed E-state index contributed by atoms with van der Waals surface area (Å²) < 4.78 is 2.04. The Hall–Kier alpha value is -2.63. The van der Waals surface area contributed by atoms with E-state index in [-0.39, 0.29) is 5.91 Å². The quantitative estimate of drug-likeness (QED) is 0.777. The van der Waals surface area contributed by atoms with Gasteiger partial charge < -0.3 is 9.88 Å². The van der Waals surface area contributed by atoms with Crippen LogP contribution in [0, 0.1) is 0 Å². The molecule has 1 amide bonds. The van der Waals surface area contributed by atoms with Gasteiger partial charge in [0.2, 0.25) is 0 Å². The summed E-state index contributed by atoms with van der Waals surface area (Å²) in [6.45, 7) is 0.615. The first-order valence-electron chi connectivity index (χ1n) is 8.04. The first-order chi connectivity index (χ1) is 11.3. The maximum absolute atomic E-state index is 12.2. The lowest BCUT2D eigenvalue weighted by Gasteiger charge is -2.09. The molecule has 4 rings (SSSR count). The number of H-pyrrole nitrogens is 1. The van der Waals surface area contributed by atoms with Crippen molar-refractivity contribution in [2.24, 2.45) is 0 Å². The molecule has 118 valence electrons. The molecule has 1 aliphatic rings. The van der Waals surface area contributed by atoms with E-state index in [9.17, 15) is 4.79 Å². The van der Waals surface area contributed by atoms with Gasteiger partial charge in [-0.1, -0.05) is 25.0 Å². The highest BCUT2D eigenvalue weighted by Crippen LogP contribution is 2.18. The molecular weight excluding hydrogens is 290 g/mol. The Kier molecular flexibility index (Phi) is 3.57. The summed E-state index contributed by atoms with van der Waals surface area (Å²) in [7, 11) is 0. The zero-order chi connectivity index (χ0) is 15.6. The Labute approximate surface area is 133 Å². The zero-order valence-corrected chi connectivity index (χ0v) is 12.8. The van der Waals surface area contributed by atoms with Gasteiger partial charge >= 0.3 is 0 Å². The van der Waals surface area contributed by atoms with Crippen molar-refractivity contribution in [1.82, 2.24) is 25.1 Å². The third-order valence-corrected chi connectivity index (χ3v) is 4.42. The minimum atomic E-state index is -0.0881. The lowest BCUT2D eigenvalue weighted by molar-refractivity contribution is 0.0933. The number of para-hydroxylation sites is 2. The Bertz CT molecular complexity index is 828. The molecule has 1 fully saturated rings. The van der Waals surface area contributed by atoms with Crippen molar-refractivity contribution in [2.45, 2.75) is 38.3 Å². The molecule has 0 saturated heterocycles. The molecule has 0 atom stereocenters. The third kappa shape index (κ3) is 2.84. The number of nitrogens with zero attached hydrogens (tertiary/aromatic N) is 3. The number of fused-ring (bicyclic) bond motifs is 1. The molecule has 1 aliphatic carbocycles. The van der Waals surface area contributed by atoms with Crippen LogP contribution in [0.15, 0.2) is 36.7 Å². The summed E-state index contributed by atoms with van der Waals surface area (Å²) in [5.74, 6) is -0.0881. The Morgan fingerprint density at radius 3 is 3.00 bits per heavy atom. The number of benzene rings is 1. The molecule has 1 aromatic carbocycles. The molecule has 2 heterocycles. The van der Waals surface area contributed by atoms with Crippen LogP contribution in [0.5, 0.6) is 0 Å². The molecule has 0 aliphatic heterocycles. The molecule has 1 saturated carbocycles. The van der Waals surface area contributed by atoms with Gasteiger partial charge in [-0.3, -0.25) is 9.89 Å². The van der Waals surface area contributed by atoms with Gasteiger partial charge in [0.1, 0.15) is 5.69 Å². The number of aromatic nitrogens is 4. The van der Waals surface area contributed by atoms with E-state index in [0.717, 1.165) is 29.6 Å². The van der Waals surface area contributed by atoms with Gasteiger partial charge in [-0.05, 0) is 31.0 Å². The monoisotopic (exact) mass is 309 g/mol. The number of nitrogens with one attached hydrogen (secondary N) is 2. The number of aromatic amines is 1. The van der Waals surface area contributed by atoms with Crippen molar-refractivity contribution in [3.05, 3.63) is 48.0 Å². The standard InChI is InChI=1S/C17H19N5O/c23-17(19-12-5-1-2-6-12)15-9-13(20-21-15)10-22-11-18-14-7-3-4-8-16(14)22/h3-4,7-9,11-12H,1-2,5-6,10H2,(H,19,23)(H,20,21). The number of hydrogen-bond donors (Lipinski definition) is 2. The summed E-state index contributed by atoms with van der Waals surface area (Å²) in [6.07, 6.45) is 6.35. The van der Waals surface area contributed by atoms with Crippen LogP contribution < -0.4 is 5.32 Å². The largest absolute Gasteiger partial charge is 0.348 e. The second-order valence-electron chi connectivity index (χ2n) is 6.09. The van der Waals surface area contributed by atoms with Crippen molar-refractivity contribution in [3.8, 4) is 0 Å². The van der Waals surface area contributed by atoms with Crippen LogP contribution in [-0.4, -0.2) is 31.7 Å². The van der Waals surface area contributed by atoms with E-state index in [4.69, 9.17) is 0 Å². The van der Waals surface area contributed by atoms with E-state index in [1.165, 1.54) is 12.8 Å². The van der Waals surface area contributed by atoms with Crippen molar-refractivity contribution in [1.29, 1.82) is 0 Å². The molecule has 6 nitrogen and oxygen atoms in total. The van der Waals surface area contributed by atoms with Crippen molar-refractivity contribution in [2.75, 3.05) is 0 Å². The summed E-state index contributed by atoms with van der Waals surface area (Å²) in [5.41, 5.74) is 3.38. The minimum absolute atomic E-state index is 0.0881. The van der Waals surface area contributed by atoms with E-state index in [1.54, 1.807) is 0 Å². The smallest absolute Gasteiger partial charge is 0.271 e. The molecule has 2 aromatic heterocycles. The molecule has 0 radical (unpaired) electrons. The number of rotatable bonds is 4. The molecule has 2 N–H and O–H groups in total. The zero-order valence-electron chi connectivity index (χ0n) is 12.8. The predicted molar refractivity (Wildman–Crippen MR) is 87.1 cm³/mol. The summed E-state index contributed by atoms with van der Waals surface area (Å²) in [6, 6.07) is 10.1. The number of carbonyl (C=O) groups excluding carboxylic acids is 1. The van der Waals surface area contributed by atoms with Gasteiger partial charge in [0, 0.05) is 6.04 Å². The van der Waals surface area contributed by atoms with E-state index in [0.29, 0.717) is 18.3 Å². The maximum atomic E-state index is 12.2. The SMILES string of the molecule is O=C(NC1CCCC1)c1cc(Cn2cnc3ccccc32)[nH]n1. The predicted octanol–water partition coefficient (Wildman–Crippen LogP) is 2.48. The topological polar surface area (TPSA) is 75.6 Å². The van der Waals surface area contributed by atoms with Crippen molar-refractivity contribution in [3.63, 3.8) is 0 Å². The average molecular weight is 309 g/mol. The number of amides is 1. The van der Waals surface area contributed by atoms with Crippen LogP contribution in [0.3, 0.4) is 0 Å². The Morgan fingerprint density at radius 2 is 2.13 bits per heavy atom. The second kappa shape index (κ2) is 5.87. The van der Waals surface area contributed by atoms with E-state index in [1.807, 2.05) is 41.2 Å². The molecule has 0 bridgehead atoms. The minimum Gasteiger partial charge on any atom is -0.348 e. The Morgan fingerprint density at radius 1 is 1.30 bits per heavy atom. The summed E-state index contributed by atoms with van der Waals surface area (Å²) in [4.78, 5) is 16.6. The van der Waals surface area contributed by atoms with E-state index < -0.39 is 0 Å². The lowest BCUT2D eigenvalue weighted by atomic mass is 10.2. The molecule has 3 aromatic rings. The summed E-state index contributed by atoms with van der Waals surface area (Å²) >= 11 is 0. The highest BCUT2D eigenvalue weighted by Gasteiger charge is 2.19. The second-order valence-corrected chi connectivity index (χ2v) is 6.09. The Balaban J connectivity index is 1.48. The fourth-order valence-corrected chi connectivity index (χ4v) is 3.21. The molecule has 0 unspecified atom stereocenters.